The number of carbonyl (C=O) groups is 1. The smallest absolute Gasteiger partial charge is 0.223 e. The zero-order valence-electron chi connectivity index (χ0n) is 16.2. The molecule has 1 N–H and O–H groups in total. The van der Waals surface area contributed by atoms with Gasteiger partial charge >= 0.3 is 0 Å². The second-order valence-corrected chi connectivity index (χ2v) is 7.21. The maximum Gasteiger partial charge on any atom is 0.223 e. The van der Waals surface area contributed by atoms with E-state index >= 15 is 0 Å². The van der Waals surface area contributed by atoms with Gasteiger partial charge in [0.2, 0.25) is 5.91 Å². The number of aryl methyl sites for hydroxylation is 2. The molecule has 0 aliphatic carbocycles. The standard InChI is InChI=1S/C21H26N6O/c1-25(16-17-6-2-3-7-20(17)27-13-5-11-23-27)21(28)9-8-18-14-19-15-22-10-4-12-26(19)24-18/h2-3,5-7,11,13-14,22H,4,8-10,12,15-16H2,1H3. The Bertz CT molecular complexity index is 907. The lowest BCUT2D eigenvalue weighted by molar-refractivity contribution is -0.130. The van der Waals surface area contributed by atoms with E-state index in [4.69, 9.17) is 0 Å². The minimum atomic E-state index is 0.122. The van der Waals surface area contributed by atoms with Crippen LogP contribution in [0.3, 0.4) is 0 Å². The second-order valence-electron chi connectivity index (χ2n) is 7.21. The van der Waals surface area contributed by atoms with E-state index in [1.54, 1.807) is 11.1 Å². The molecule has 0 saturated heterocycles. The first-order valence-electron chi connectivity index (χ1n) is 9.79. The average Bonchev–Trinajstić information content (AvgIpc) is 3.32. The molecule has 0 radical (unpaired) electrons. The van der Waals surface area contributed by atoms with Crippen molar-refractivity contribution in [3.8, 4) is 5.69 Å². The number of fused-ring (bicyclic) bond motifs is 1. The number of para-hydroxylation sites is 1. The van der Waals surface area contributed by atoms with Crippen LogP contribution in [0.2, 0.25) is 0 Å². The summed E-state index contributed by atoms with van der Waals surface area (Å²) in [7, 11) is 1.86. The highest BCUT2D eigenvalue weighted by Crippen LogP contribution is 2.16. The van der Waals surface area contributed by atoms with Gasteiger partial charge in [0.15, 0.2) is 0 Å². The van der Waals surface area contributed by atoms with Gasteiger partial charge in [0, 0.05) is 51.9 Å². The summed E-state index contributed by atoms with van der Waals surface area (Å²) < 4.78 is 3.91. The maximum absolute atomic E-state index is 12.7. The fraction of sp³-hybridized carbons (Fsp3) is 0.381. The Balaban J connectivity index is 1.37. The summed E-state index contributed by atoms with van der Waals surface area (Å²) in [5, 5.41) is 12.4. The van der Waals surface area contributed by atoms with Gasteiger partial charge in [0.1, 0.15) is 0 Å². The van der Waals surface area contributed by atoms with Gasteiger partial charge in [-0.1, -0.05) is 18.2 Å². The van der Waals surface area contributed by atoms with E-state index in [0.717, 1.165) is 43.0 Å². The molecule has 0 spiro atoms. The molecular weight excluding hydrogens is 352 g/mol. The number of hydrogen-bond acceptors (Lipinski definition) is 4. The molecule has 7 nitrogen and oxygen atoms in total. The van der Waals surface area contributed by atoms with Crippen molar-refractivity contribution in [2.75, 3.05) is 13.6 Å². The normalized spacial score (nSPS) is 13.8. The Hall–Kier alpha value is -2.93. The van der Waals surface area contributed by atoms with Crippen molar-refractivity contribution in [2.24, 2.45) is 0 Å². The largest absolute Gasteiger partial charge is 0.341 e. The predicted octanol–water partition coefficient (Wildman–Crippen LogP) is 2.15. The highest BCUT2D eigenvalue weighted by atomic mass is 16.2. The fourth-order valence-corrected chi connectivity index (χ4v) is 3.59. The molecule has 4 rings (SSSR count). The number of amides is 1. The summed E-state index contributed by atoms with van der Waals surface area (Å²) >= 11 is 0. The third-order valence-corrected chi connectivity index (χ3v) is 5.11. The van der Waals surface area contributed by atoms with Gasteiger partial charge in [-0.05, 0) is 36.7 Å². The van der Waals surface area contributed by atoms with Crippen molar-refractivity contribution in [3.63, 3.8) is 0 Å². The molecule has 0 fully saturated rings. The van der Waals surface area contributed by atoms with Crippen LogP contribution in [0, 0.1) is 0 Å². The molecule has 0 bridgehead atoms. The van der Waals surface area contributed by atoms with E-state index in [9.17, 15) is 4.79 Å². The van der Waals surface area contributed by atoms with Gasteiger partial charge in [-0.2, -0.15) is 10.2 Å². The lowest BCUT2D eigenvalue weighted by Crippen LogP contribution is -2.27. The van der Waals surface area contributed by atoms with E-state index in [1.807, 2.05) is 48.3 Å². The summed E-state index contributed by atoms with van der Waals surface area (Å²) in [5.74, 6) is 0.122. The van der Waals surface area contributed by atoms with Crippen molar-refractivity contribution in [1.29, 1.82) is 0 Å². The fourth-order valence-electron chi connectivity index (χ4n) is 3.59. The molecule has 0 unspecified atom stereocenters. The summed E-state index contributed by atoms with van der Waals surface area (Å²) in [6, 6.07) is 12.1. The summed E-state index contributed by atoms with van der Waals surface area (Å²) in [5.41, 5.74) is 4.28. The molecular formula is C21H26N6O. The molecule has 1 amide bonds. The van der Waals surface area contributed by atoms with Gasteiger partial charge in [0.05, 0.1) is 17.1 Å². The van der Waals surface area contributed by atoms with Crippen LogP contribution >= 0.6 is 0 Å². The Morgan fingerprint density at radius 1 is 1.29 bits per heavy atom. The Kier molecular flexibility index (Phi) is 5.53. The van der Waals surface area contributed by atoms with Crippen LogP contribution in [0.25, 0.3) is 5.69 Å². The molecule has 1 aromatic carbocycles. The van der Waals surface area contributed by atoms with Crippen LogP contribution in [0.1, 0.15) is 29.8 Å². The number of benzene rings is 1. The molecule has 28 heavy (non-hydrogen) atoms. The zero-order valence-corrected chi connectivity index (χ0v) is 16.2. The lowest BCUT2D eigenvalue weighted by Gasteiger charge is -2.19. The summed E-state index contributed by atoms with van der Waals surface area (Å²) in [6.07, 6.45) is 5.89. The number of aromatic nitrogens is 4. The van der Waals surface area contributed by atoms with Crippen LogP contribution < -0.4 is 5.32 Å². The van der Waals surface area contributed by atoms with Crippen molar-refractivity contribution < 1.29 is 4.79 Å². The minimum Gasteiger partial charge on any atom is -0.341 e. The Morgan fingerprint density at radius 3 is 3.04 bits per heavy atom. The number of hydrogen-bond donors (Lipinski definition) is 1. The molecule has 146 valence electrons. The molecule has 2 aromatic heterocycles. The van der Waals surface area contributed by atoms with Gasteiger partial charge in [-0.3, -0.25) is 9.48 Å². The van der Waals surface area contributed by atoms with Gasteiger partial charge in [0.25, 0.3) is 0 Å². The van der Waals surface area contributed by atoms with Gasteiger partial charge in [-0.25, -0.2) is 4.68 Å². The first-order chi connectivity index (χ1) is 13.7. The molecule has 0 saturated carbocycles. The second kappa shape index (κ2) is 8.39. The van der Waals surface area contributed by atoms with E-state index in [1.165, 1.54) is 5.69 Å². The Labute approximate surface area is 165 Å². The molecule has 3 heterocycles. The van der Waals surface area contributed by atoms with E-state index in [0.29, 0.717) is 19.4 Å². The molecule has 1 aliphatic rings. The number of nitrogens with zero attached hydrogens (tertiary/aromatic N) is 5. The van der Waals surface area contributed by atoms with Crippen LogP contribution in [0.4, 0.5) is 0 Å². The predicted molar refractivity (Wildman–Crippen MR) is 107 cm³/mol. The maximum atomic E-state index is 12.7. The molecule has 1 aliphatic heterocycles. The summed E-state index contributed by atoms with van der Waals surface area (Å²) in [6.45, 7) is 3.38. The van der Waals surface area contributed by atoms with E-state index in [2.05, 4.69) is 26.3 Å². The van der Waals surface area contributed by atoms with Crippen LogP contribution in [-0.4, -0.2) is 44.0 Å². The summed E-state index contributed by atoms with van der Waals surface area (Å²) in [4.78, 5) is 14.5. The number of nitrogens with one attached hydrogen (secondary N) is 1. The minimum absolute atomic E-state index is 0.122. The highest BCUT2D eigenvalue weighted by Gasteiger charge is 2.15. The highest BCUT2D eigenvalue weighted by molar-refractivity contribution is 5.76. The van der Waals surface area contributed by atoms with E-state index < -0.39 is 0 Å². The van der Waals surface area contributed by atoms with Crippen molar-refractivity contribution >= 4 is 5.91 Å². The number of carbonyl (C=O) groups excluding carboxylic acids is 1. The third-order valence-electron chi connectivity index (χ3n) is 5.11. The van der Waals surface area contributed by atoms with Crippen molar-refractivity contribution in [2.45, 2.75) is 38.9 Å². The van der Waals surface area contributed by atoms with Crippen LogP contribution in [0.5, 0.6) is 0 Å². The van der Waals surface area contributed by atoms with Gasteiger partial charge in [-0.15, -0.1) is 0 Å². The average molecular weight is 378 g/mol. The molecule has 0 atom stereocenters. The van der Waals surface area contributed by atoms with Crippen molar-refractivity contribution in [3.05, 3.63) is 65.7 Å². The zero-order chi connectivity index (χ0) is 19.3. The quantitative estimate of drug-likeness (QED) is 0.714. The molecule has 7 heteroatoms. The van der Waals surface area contributed by atoms with Crippen LogP contribution in [0.15, 0.2) is 48.8 Å². The third kappa shape index (κ3) is 4.14. The first kappa shape index (κ1) is 18.4. The van der Waals surface area contributed by atoms with Crippen LogP contribution in [-0.2, 0) is 30.8 Å². The number of rotatable bonds is 6. The first-order valence-corrected chi connectivity index (χ1v) is 9.79. The lowest BCUT2D eigenvalue weighted by atomic mass is 10.1. The topological polar surface area (TPSA) is 68.0 Å². The van der Waals surface area contributed by atoms with E-state index in [-0.39, 0.29) is 5.91 Å². The van der Waals surface area contributed by atoms with Crippen molar-refractivity contribution in [1.82, 2.24) is 29.8 Å². The monoisotopic (exact) mass is 378 g/mol. The van der Waals surface area contributed by atoms with Gasteiger partial charge < -0.3 is 10.2 Å². The Morgan fingerprint density at radius 2 is 2.18 bits per heavy atom. The SMILES string of the molecule is CN(Cc1ccccc1-n1cccn1)C(=O)CCc1cc2n(n1)CCCNC2. The molecule has 3 aromatic rings.